The maximum Gasteiger partial charge on any atom is 0.258 e. The number of fused-ring (bicyclic) bond motifs is 1. The second-order valence-electron chi connectivity index (χ2n) is 6.54. The molecule has 1 aliphatic rings. The van der Waals surface area contributed by atoms with Crippen LogP contribution in [0.1, 0.15) is 24.1 Å². The number of H-pyrrole nitrogens is 1. The Morgan fingerprint density at radius 1 is 1.11 bits per heavy atom. The number of aromatic nitrogens is 2. The minimum Gasteiger partial charge on any atom is -0.358 e. The van der Waals surface area contributed by atoms with Gasteiger partial charge in [-0.25, -0.2) is 0 Å². The number of halogens is 1. The third-order valence-corrected chi connectivity index (χ3v) is 5.55. The highest BCUT2D eigenvalue weighted by Gasteiger charge is 2.26. The third kappa shape index (κ3) is 3.32. The molecule has 1 aliphatic heterocycles. The summed E-state index contributed by atoms with van der Waals surface area (Å²) < 4.78 is 2.13. The van der Waals surface area contributed by atoms with E-state index in [0.717, 1.165) is 5.69 Å². The van der Waals surface area contributed by atoms with Gasteiger partial charge in [-0.3, -0.25) is 19.2 Å². The van der Waals surface area contributed by atoms with Gasteiger partial charge in [0.15, 0.2) is 4.77 Å². The first-order chi connectivity index (χ1) is 13.1. The summed E-state index contributed by atoms with van der Waals surface area (Å²) in [6.07, 6.45) is 0. The van der Waals surface area contributed by atoms with Crippen LogP contribution in [0.4, 0.5) is 5.82 Å². The van der Waals surface area contributed by atoms with E-state index >= 15 is 0 Å². The van der Waals surface area contributed by atoms with Crippen molar-refractivity contribution in [2.45, 2.75) is 19.5 Å². The van der Waals surface area contributed by atoms with Crippen LogP contribution >= 0.6 is 23.8 Å². The third-order valence-electron chi connectivity index (χ3n) is 4.94. The molecule has 0 radical (unpaired) electrons. The van der Waals surface area contributed by atoms with E-state index in [2.05, 4.69) is 34.3 Å². The fraction of sp³-hybridized carbons (Fsp3) is 0.200. The van der Waals surface area contributed by atoms with Gasteiger partial charge in [0, 0.05) is 12.6 Å². The molecule has 2 heterocycles. The molecule has 5 nitrogen and oxygen atoms in total. The van der Waals surface area contributed by atoms with Crippen LogP contribution in [0.25, 0.3) is 5.69 Å². The second kappa shape index (κ2) is 7.31. The summed E-state index contributed by atoms with van der Waals surface area (Å²) in [6.45, 7) is 3.26. The fourth-order valence-electron chi connectivity index (χ4n) is 3.42. The highest BCUT2D eigenvalue weighted by molar-refractivity contribution is 7.71. The molecule has 0 amide bonds. The van der Waals surface area contributed by atoms with Gasteiger partial charge in [0.2, 0.25) is 0 Å². The van der Waals surface area contributed by atoms with Gasteiger partial charge in [-0.15, -0.1) is 0 Å². The summed E-state index contributed by atoms with van der Waals surface area (Å²) in [5.74, 6) is 0.702. The molecule has 0 spiro atoms. The van der Waals surface area contributed by atoms with Crippen molar-refractivity contribution >= 4 is 29.6 Å². The zero-order valence-corrected chi connectivity index (χ0v) is 16.3. The molecular formula is C20H19ClN4OS. The predicted octanol–water partition coefficient (Wildman–Crippen LogP) is 4.49. The number of para-hydroxylation sites is 1. The van der Waals surface area contributed by atoms with Gasteiger partial charge in [0.25, 0.3) is 5.56 Å². The Balaban J connectivity index is 1.77. The van der Waals surface area contributed by atoms with Gasteiger partial charge in [-0.2, -0.15) is 0 Å². The van der Waals surface area contributed by atoms with Crippen LogP contribution in [0.2, 0.25) is 5.02 Å². The number of anilines is 1. The Morgan fingerprint density at radius 3 is 2.56 bits per heavy atom. The lowest BCUT2D eigenvalue weighted by Crippen LogP contribution is -2.40. The van der Waals surface area contributed by atoms with Crippen molar-refractivity contribution in [1.82, 2.24) is 14.5 Å². The molecule has 0 saturated carbocycles. The number of hydrogen-bond donors (Lipinski definition) is 2. The molecule has 1 atom stereocenters. The monoisotopic (exact) mass is 398 g/mol. The van der Waals surface area contributed by atoms with Crippen molar-refractivity contribution in [2.24, 2.45) is 0 Å². The number of rotatable bonds is 3. The lowest BCUT2D eigenvalue weighted by atomic mass is 10.1. The molecule has 0 fully saturated rings. The van der Waals surface area contributed by atoms with Crippen molar-refractivity contribution in [3.05, 3.63) is 85.9 Å². The predicted molar refractivity (Wildman–Crippen MR) is 111 cm³/mol. The van der Waals surface area contributed by atoms with Gasteiger partial charge in [-0.1, -0.05) is 54.1 Å². The highest BCUT2D eigenvalue weighted by Crippen LogP contribution is 2.30. The summed E-state index contributed by atoms with van der Waals surface area (Å²) >= 11 is 11.8. The standard InChI is InChI=1S/C20H19ClN4OS/c1-13(14-7-3-2-4-8-14)24-11-15-18(22-12-24)25(20(27)23-19(15)26)17-10-6-5-9-16(17)21/h2-10,13,22H,11-12H2,1H3,(H,23,26,27). The van der Waals surface area contributed by atoms with E-state index in [1.54, 1.807) is 4.57 Å². The van der Waals surface area contributed by atoms with Gasteiger partial charge < -0.3 is 5.32 Å². The Labute approximate surface area is 167 Å². The molecule has 1 aromatic heterocycles. The number of aromatic amines is 1. The number of nitrogens with zero attached hydrogens (tertiary/aromatic N) is 2. The van der Waals surface area contributed by atoms with Crippen molar-refractivity contribution in [1.29, 1.82) is 0 Å². The summed E-state index contributed by atoms with van der Waals surface area (Å²) in [5, 5.41) is 3.96. The highest BCUT2D eigenvalue weighted by atomic mass is 35.5. The largest absolute Gasteiger partial charge is 0.358 e. The Morgan fingerprint density at radius 2 is 1.81 bits per heavy atom. The van der Waals surface area contributed by atoms with E-state index in [1.165, 1.54) is 5.56 Å². The van der Waals surface area contributed by atoms with Crippen LogP contribution < -0.4 is 10.9 Å². The van der Waals surface area contributed by atoms with Gasteiger partial charge in [0.1, 0.15) is 5.82 Å². The molecule has 3 aromatic rings. The minimum absolute atomic E-state index is 0.170. The van der Waals surface area contributed by atoms with E-state index in [4.69, 9.17) is 23.8 Å². The maximum absolute atomic E-state index is 12.6. The van der Waals surface area contributed by atoms with Gasteiger partial charge in [-0.05, 0) is 36.8 Å². The van der Waals surface area contributed by atoms with E-state index in [9.17, 15) is 4.79 Å². The lowest BCUT2D eigenvalue weighted by molar-refractivity contribution is 0.207. The van der Waals surface area contributed by atoms with Crippen LogP contribution in [0.15, 0.2) is 59.4 Å². The van der Waals surface area contributed by atoms with E-state index < -0.39 is 0 Å². The summed E-state index contributed by atoms with van der Waals surface area (Å²) in [4.78, 5) is 17.6. The first-order valence-electron chi connectivity index (χ1n) is 8.72. The van der Waals surface area contributed by atoms with Crippen molar-refractivity contribution in [3.8, 4) is 5.69 Å². The average Bonchev–Trinajstić information content (AvgIpc) is 2.69. The molecule has 7 heteroatoms. The van der Waals surface area contributed by atoms with E-state index in [-0.39, 0.29) is 11.6 Å². The molecular weight excluding hydrogens is 380 g/mol. The molecule has 0 bridgehead atoms. The van der Waals surface area contributed by atoms with Crippen molar-refractivity contribution in [3.63, 3.8) is 0 Å². The quantitative estimate of drug-likeness (QED) is 0.638. The summed E-state index contributed by atoms with van der Waals surface area (Å²) in [5.41, 5.74) is 2.43. The Hall–Kier alpha value is -2.41. The second-order valence-corrected chi connectivity index (χ2v) is 7.34. The Kier molecular flexibility index (Phi) is 4.86. The molecule has 4 rings (SSSR count). The first kappa shape index (κ1) is 18.0. The molecule has 138 valence electrons. The van der Waals surface area contributed by atoms with Crippen molar-refractivity contribution in [2.75, 3.05) is 12.0 Å². The number of nitrogens with one attached hydrogen (secondary N) is 2. The zero-order chi connectivity index (χ0) is 19.0. The van der Waals surface area contributed by atoms with Gasteiger partial charge in [0.05, 0.1) is 22.9 Å². The topological polar surface area (TPSA) is 53.1 Å². The van der Waals surface area contributed by atoms with Crippen LogP contribution in [0, 0.1) is 4.77 Å². The summed E-state index contributed by atoms with van der Waals surface area (Å²) in [7, 11) is 0. The molecule has 2 N–H and O–H groups in total. The SMILES string of the molecule is CC(c1ccccc1)N1CNc2c(c(=O)[nH]c(=S)n2-c2ccccc2Cl)C1. The van der Waals surface area contributed by atoms with Crippen molar-refractivity contribution < 1.29 is 0 Å². The fourth-order valence-corrected chi connectivity index (χ4v) is 3.92. The van der Waals surface area contributed by atoms with E-state index in [0.29, 0.717) is 34.4 Å². The molecule has 0 saturated heterocycles. The smallest absolute Gasteiger partial charge is 0.258 e. The van der Waals surface area contributed by atoms with Crippen LogP contribution in [0.3, 0.4) is 0 Å². The van der Waals surface area contributed by atoms with Gasteiger partial charge >= 0.3 is 0 Å². The summed E-state index contributed by atoms with van der Waals surface area (Å²) in [6, 6.07) is 17.9. The average molecular weight is 399 g/mol. The molecule has 27 heavy (non-hydrogen) atoms. The molecule has 1 unspecified atom stereocenters. The zero-order valence-electron chi connectivity index (χ0n) is 14.8. The van der Waals surface area contributed by atoms with Crippen LogP contribution in [-0.4, -0.2) is 21.1 Å². The van der Waals surface area contributed by atoms with E-state index in [1.807, 2.05) is 42.5 Å². The van der Waals surface area contributed by atoms with Crippen LogP contribution in [0.5, 0.6) is 0 Å². The Bertz CT molecular complexity index is 1090. The first-order valence-corrected chi connectivity index (χ1v) is 9.51. The molecule has 0 aliphatic carbocycles. The maximum atomic E-state index is 12.6. The normalized spacial score (nSPS) is 15.0. The minimum atomic E-state index is -0.171. The molecule has 2 aromatic carbocycles. The number of benzene rings is 2. The number of hydrogen-bond acceptors (Lipinski definition) is 4. The lowest BCUT2D eigenvalue weighted by Gasteiger charge is -2.35. The van der Waals surface area contributed by atoms with Crippen LogP contribution in [-0.2, 0) is 6.54 Å².